The summed E-state index contributed by atoms with van der Waals surface area (Å²) < 4.78 is 2.02. The second-order valence-corrected chi connectivity index (χ2v) is 7.76. The van der Waals surface area contributed by atoms with E-state index in [2.05, 4.69) is 31.9 Å². The summed E-state index contributed by atoms with van der Waals surface area (Å²) in [6.07, 6.45) is 0. The second-order valence-electron chi connectivity index (χ2n) is 4.54. The molecule has 0 fully saturated rings. The fourth-order valence-electron chi connectivity index (χ4n) is 2.16. The Labute approximate surface area is 137 Å². The number of fused-ring (bicyclic) bond motifs is 1. The Hall–Kier alpha value is -0.970. The standard InChI is InChI=1S/C16H10Br2OS/c1-9-8-14(20-16(9)18)15(19)12-6-7-13(17)11-5-3-2-4-10(11)12/h2-8H,1H3. The molecular weight excluding hydrogens is 400 g/mol. The molecule has 20 heavy (non-hydrogen) atoms. The maximum absolute atomic E-state index is 12.7. The van der Waals surface area contributed by atoms with Gasteiger partial charge in [0.15, 0.2) is 0 Å². The van der Waals surface area contributed by atoms with Gasteiger partial charge in [-0.3, -0.25) is 4.79 Å². The van der Waals surface area contributed by atoms with Gasteiger partial charge in [-0.15, -0.1) is 11.3 Å². The molecule has 0 amide bonds. The van der Waals surface area contributed by atoms with Crippen LogP contribution in [0, 0.1) is 6.92 Å². The summed E-state index contributed by atoms with van der Waals surface area (Å²) in [7, 11) is 0. The van der Waals surface area contributed by atoms with Crippen molar-refractivity contribution >= 4 is 59.8 Å². The number of hydrogen-bond acceptors (Lipinski definition) is 2. The Kier molecular flexibility index (Phi) is 3.80. The van der Waals surface area contributed by atoms with E-state index in [0.29, 0.717) is 0 Å². The average molecular weight is 410 g/mol. The van der Waals surface area contributed by atoms with Crippen molar-refractivity contribution in [3.05, 3.63) is 66.7 Å². The third-order valence-electron chi connectivity index (χ3n) is 3.20. The number of rotatable bonds is 2. The van der Waals surface area contributed by atoms with Crippen molar-refractivity contribution in [2.45, 2.75) is 6.92 Å². The fourth-order valence-corrected chi connectivity index (χ4v) is 4.13. The predicted octanol–water partition coefficient (Wildman–Crippen LogP) is 5.97. The minimum atomic E-state index is 0.0764. The summed E-state index contributed by atoms with van der Waals surface area (Å²) in [6.45, 7) is 2.00. The highest BCUT2D eigenvalue weighted by Gasteiger charge is 2.16. The summed E-state index contributed by atoms with van der Waals surface area (Å²) in [4.78, 5) is 13.5. The van der Waals surface area contributed by atoms with Crippen LogP contribution < -0.4 is 0 Å². The largest absolute Gasteiger partial charge is 0.288 e. The summed E-state index contributed by atoms with van der Waals surface area (Å²) in [5.41, 5.74) is 1.84. The smallest absolute Gasteiger partial charge is 0.203 e. The molecule has 0 aliphatic carbocycles. The molecule has 0 aliphatic heterocycles. The quantitative estimate of drug-likeness (QED) is 0.476. The lowest BCUT2D eigenvalue weighted by Crippen LogP contribution is -1.99. The number of hydrogen-bond donors (Lipinski definition) is 0. The molecular formula is C16H10Br2OS. The molecule has 0 saturated heterocycles. The molecule has 0 spiro atoms. The average Bonchev–Trinajstić information content (AvgIpc) is 2.79. The Bertz CT molecular complexity index is 801. The zero-order chi connectivity index (χ0) is 14.3. The lowest BCUT2D eigenvalue weighted by atomic mass is 10.0. The molecule has 4 heteroatoms. The Morgan fingerprint density at radius 2 is 1.75 bits per heavy atom. The number of carbonyl (C=O) groups is 1. The van der Waals surface area contributed by atoms with Crippen LogP contribution in [0.2, 0.25) is 0 Å². The van der Waals surface area contributed by atoms with Crippen molar-refractivity contribution in [3.63, 3.8) is 0 Å². The molecule has 0 aliphatic rings. The van der Waals surface area contributed by atoms with Gasteiger partial charge in [0.2, 0.25) is 5.78 Å². The first-order chi connectivity index (χ1) is 9.58. The van der Waals surface area contributed by atoms with Crippen LogP contribution in [0.5, 0.6) is 0 Å². The minimum absolute atomic E-state index is 0.0764. The van der Waals surface area contributed by atoms with Crippen LogP contribution in [0.1, 0.15) is 20.8 Å². The third-order valence-corrected chi connectivity index (χ3v) is 6.02. The van der Waals surface area contributed by atoms with Gasteiger partial charge < -0.3 is 0 Å². The number of benzene rings is 2. The van der Waals surface area contributed by atoms with E-state index in [1.54, 1.807) is 0 Å². The molecule has 3 rings (SSSR count). The zero-order valence-corrected chi connectivity index (χ0v) is 14.6. The molecule has 100 valence electrons. The number of thiophene rings is 1. The molecule has 1 aromatic heterocycles. The normalized spacial score (nSPS) is 10.9. The van der Waals surface area contributed by atoms with Crippen LogP contribution in [0.15, 0.2) is 50.7 Å². The van der Waals surface area contributed by atoms with Gasteiger partial charge in [-0.25, -0.2) is 0 Å². The van der Waals surface area contributed by atoms with Gasteiger partial charge in [0, 0.05) is 10.0 Å². The van der Waals surface area contributed by atoms with E-state index in [0.717, 1.165) is 35.0 Å². The van der Waals surface area contributed by atoms with Gasteiger partial charge in [0.05, 0.1) is 8.66 Å². The molecule has 0 unspecified atom stereocenters. The molecule has 3 aromatic rings. The van der Waals surface area contributed by atoms with Crippen molar-refractivity contribution in [1.29, 1.82) is 0 Å². The number of halogens is 2. The van der Waals surface area contributed by atoms with Gasteiger partial charge in [-0.05, 0) is 57.4 Å². The van der Waals surface area contributed by atoms with Gasteiger partial charge in [0.1, 0.15) is 0 Å². The summed E-state index contributed by atoms with van der Waals surface area (Å²) in [6, 6.07) is 13.7. The molecule has 1 heterocycles. The van der Waals surface area contributed by atoms with Gasteiger partial charge in [-0.2, -0.15) is 0 Å². The SMILES string of the molecule is Cc1cc(C(=O)c2ccc(Br)c3ccccc23)sc1Br. The minimum Gasteiger partial charge on any atom is -0.288 e. The molecule has 1 nitrogen and oxygen atoms in total. The summed E-state index contributed by atoms with van der Waals surface area (Å²) in [5.74, 6) is 0.0764. The van der Waals surface area contributed by atoms with E-state index < -0.39 is 0 Å². The Morgan fingerprint density at radius 1 is 1.05 bits per heavy atom. The molecule has 0 saturated carbocycles. The zero-order valence-electron chi connectivity index (χ0n) is 10.6. The maximum Gasteiger partial charge on any atom is 0.203 e. The van der Waals surface area contributed by atoms with Crippen molar-refractivity contribution in [3.8, 4) is 0 Å². The van der Waals surface area contributed by atoms with E-state index in [1.807, 2.05) is 49.4 Å². The van der Waals surface area contributed by atoms with E-state index >= 15 is 0 Å². The number of carbonyl (C=O) groups excluding carboxylic acids is 1. The van der Waals surface area contributed by atoms with Crippen molar-refractivity contribution < 1.29 is 4.79 Å². The van der Waals surface area contributed by atoms with E-state index in [1.165, 1.54) is 11.3 Å². The van der Waals surface area contributed by atoms with Crippen LogP contribution in [-0.4, -0.2) is 5.78 Å². The van der Waals surface area contributed by atoms with E-state index in [4.69, 9.17) is 0 Å². The maximum atomic E-state index is 12.7. The first-order valence-electron chi connectivity index (χ1n) is 6.06. The summed E-state index contributed by atoms with van der Waals surface area (Å²) >= 11 is 8.50. The first-order valence-corrected chi connectivity index (χ1v) is 8.46. The molecule has 0 radical (unpaired) electrons. The molecule has 0 atom stereocenters. The second kappa shape index (κ2) is 5.43. The highest BCUT2D eigenvalue weighted by molar-refractivity contribution is 9.11. The Morgan fingerprint density at radius 3 is 2.40 bits per heavy atom. The van der Waals surface area contributed by atoms with Crippen LogP contribution in [0.4, 0.5) is 0 Å². The van der Waals surface area contributed by atoms with Crippen molar-refractivity contribution in [1.82, 2.24) is 0 Å². The van der Waals surface area contributed by atoms with Crippen LogP contribution >= 0.6 is 43.2 Å². The van der Waals surface area contributed by atoms with Crippen LogP contribution in [0.3, 0.4) is 0 Å². The van der Waals surface area contributed by atoms with Crippen LogP contribution in [-0.2, 0) is 0 Å². The molecule has 0 bridgehead atoms. The fraction of sp³-hybridized carbons (Fsp3) is 0.0625. The lowest BCUT2D eigenvalue weighted by Gasteiger charge is -2.06. The van der Waals surface area contributed by atoms with Gasteiger partial charge >= 0.3 is 0 Å². The van der Waals surface area contributed by atoms with Crippen molar-refractivity contribution in [2.75, 3.05) is 0 Å². The number of aryl methyl sites for hydroxylation is 1. The van der Waals surface area contributed by atoms with Gasteiger partial charge in [0.25, 0.3) is 0 Å². The Balaban J connectivity index is 2.20. The topological polar surface area (TPSA) is 17.1 Å². The van der Waals surface area contributed by atoms with Crippen molar-refractivity contribution in [2.24, 2.45) is 0 Å². The van der Waals surface area contributed by atoms with E-state index in [9.17, 15) is 4.79 Å². The van der Waals surface area contributed by atoms with E-state index in [-0.39, 0.29) is 5.78 Å². The predicted molar refractivity (Wildman–Crippen MR) is 91.8 cm³/mol. The molecule has 2 aromatic carbocycles. The third kappa shape index (κ3) is 2.36. The lowest BCUT2D eigenvalue weighted by molar-refractivity contribution is 0.104. The van der Waals surface area contributed by atoms with Gasteiger partial charge in [-0.1, -0.05) is 40.2 Å². The highest BCUT2D eigenvalue weighted by atomic mass is 79.9. The highest BCUT2D eigenvalue weighted by Crippen LogP contribution is 2.32. The molecule has 0 N–H and O–H groups in total. The monoisotopic (exact) mass is 408 g/mol. The first kappa shape index (κ1) is 14.0. The van der Waals surface area contributed by atoms with Crippen LogP contribution in [0.25, 0.3) is 10.8 Å². The number of ketones is 1. The summed E-state index contributed by atoms with van der Waals surface area (Å²) in [5, 5.41) is 2.04.